The Hall–Kier alpha value is -2.57. The van der Waals surface area contributed by atoms with Crippen LogP contribution in [-0.4, -0.2) is 33.1 Å². The molecule has 2 aromatic heterocycles. The molecule has 3 rings (SSSR count). The first-order chi connectivity index (χ1) is 11.8. The Balaban J connectivity index is 1.63. The number of nitrogens with zero attached hydrogens (tertiary/aromatic N) is 3. The van der Waals surface area contributed by atoms with Gasteiger partial charge < -0.3 is 18.8 Å². The van der Waals surface area contributed by atoms with Crippen molar-refractivity contribution in [2.75, 3.05) is 6.54 Å². The van der Waals surface area contributed by atoms with Gasteiger partial charge in [-0.15, -0.1) is 0 Å². The van der Waals surface area contributed by atoms with E-state index in [9.17, 15) is 4.79 Å². The third kappa shape index (κ3) is 4.29. The van der Waals surface area contributed by atoms with Crippen molar-refractivity contribution in [1.82, 2.24) is 14.9 Å². The SMILES string of the molecule is Cc1ncoc1COc1ccc2c(n1)CCN(C(=O)OC(C)(C)C)C2. The molecule has 7 nitrogen and oxygen atoms in total. The molecule has 0 saturated carbocycles. The van der Waals surface area contributed by atoms with Crippen LogP contribution in [0.2, 0.25) is 0 Å². The van der Waals surface area contributed by atoms with Crippen molar-refractivity contribution in [3.63, 3.8) is 0 Å². The lowest BCUT2D eigenvalue weighted by molar-refractivity contribution is 0.0222. The third-order valence-corrected chi connectivity index (χ3v) is 3.87. The van der Waals surface area contributed by atoms with Crippen LogP contribution < -0.4 is 4.74 Å². The number of hydrogen-bond donors (Lipinski definition) is 0. The second-order valence-corrected chi connectivity index (χ2v) is 7.06. The minimum Gasteiger partial charge on any atom is -0.469 e. The van der Waals surface area contributed by atoms with Gasteiger partial charge in [0.1, 0.15) is 12.2 Å². The Morgan fingerprint density at radius 1 is 1.36 bits per heavy atom. The summed E-state index contributed by atoms with van der Waals surface area (Å²) in [6.45, 7) is 8.84. The van der Waals surface area contributed by atoms with Gasteiger partial charge in [0.05, 0.1) is 17.9 Å². The average Bonchev–Trinajstić information content (AvgIpc) is 2.95. The van der Waals surface area contributed by atoms with Gasteiger partial charge in [0.25, 0.3) is 0 Å². The molecule has 0 atom stereocenters. The van der Waals surface area contributed by atoms with E-state index in [2.05, 4.69) is 9.97 Å². The zero-order chi connectivity index (χ0) is 18.0. The van der Waals surface area contributed by atoms with Gasteiger partial charge in [-0.05, 0) is 33.3 Å². The quantitative estimate of drug-likeness (QED) is 0.850. The Labute approximate surface area is 147 Å². The summed E-state index contributed by atoms with van der Waals surface area (Å²) < 4.78 is 16.4. The largest absolute Gasteiger partial charge is 0.469 e. The molecular formula is C18H23N3O4. The Morgan fingerprint density at radius 3 is 2.84 bits per heavy atom. The maximum atomic E-state index is 12.2. The lowest BCUT2D eigenvalue weighted by Gasteiger charge is -2.30. The van der Waals surface area contributed by atoms with Crippen molar-refractivity contribution in [1.29, 1.82) is 0 Å². The molecule has 0 fully saturated rings. The Morgan fingerprint density at radius 2 is 2.16 bits per heavy atom. The Bertz CT molecular complexity index is 764. The fourth-order valence-electron chi connectivity index (χ4n) is 2.56. The summed E-state index contributed by atoms with van der Waals surface area (Å²) in [5.74, 6) is 1.23. The topological polar surface area (TPSA) is 77.7 Å². The summed E-state index contributed by atoms with van der Waals surface area (Å²) in [6.07, 6.45) is 1.78. The summed E-state index contributed by atoms with van der Waals surface area (Å²) in [5, 5.41) is 0. The lowest BCUT2D eigenvalue weighted by Crippen LogP contribution is -2.40. The molecule has 25 heavy (non-hydrogen) atoms. The minimum atomic E-state index is -0.494. The number of carbonyl (C=O) groups excluding carboxylic acids is 1. The van der Waals surface area contributed by atoms with Crippen LogP contribution in [0.4, 0.5) is 4.79 Å². The molecule has 7 heteroatoms. The van der Waals surface area contributed by atoms with Gasteiger partial charge in [-0.1, -0.05) is 6.07 Å². The van der Waals surface area contributed by atoms with Crippen LogP contribution in [0.5, 0.6) is 5.88 Å². The van der Waals surface area contributed by atoms with Gasteiger partial charge in [0, 0.05) is 19.0 Å². The smallest absolute Gasteiger partial charge is 0.410 e. The Kier molecular flexibility index (Phi) is 4.65. The van der Waals surface area contributed by atoms with Crippen LogP contribution in [0.25, 0.3) is 0 Å². The maximum absolute atomic E-state index is 12.2. The number of aryl methyl sites for hydroxylation is 1. The number of fused-ring (bicyclic) bond motifs is 1. The van der Waals surface area contributed by atoms with Gasteiger partial charge in [0.15, 0.2) is 12.2 Å². The van der Waals surface area contributed by atoms with Gasteiger partial charge in [-0.25, -0.2) is 14.8 Å². The zero-order valence-corrected chi connectivity index (χ0v) is 15.0. The molecule has 134 valence electrons. The molecule has 0 saturated heterocycles. The zero-order valence-electron chi connectivity index (χ0n) is 15.0. The standard InChI is InChI=1S/C18H23N3O4/c1-12-15(24-11-19-12)10-23-16-6-5-13-9-21(8-7-14(13)20-16)17(22)25-18(2,3)4/h5-6,11H,7-10H2,1-4H3. The van der Waals surface area contributed by atoms with Crippen LogP contribution in [0.1, 0.15) is 43.5 Å². The lowest BCUT2D eigenvalue weighted by atomic mass is 10.1. The highest BCUT2D eigenvalue weighted by molar-refractivity contribution is 5.68. The van der Waals surface area contributed by atoms with Crippen LogP contribution in [-0.2, 0) is 24.3 Å². The third-order valence-electron chi connectivity index (χ3n) is 3.87. The number of amides is 1. The molecule has 0 N–H and O–H groups in total. The van der Waals surface area contributed by atoms with E-state index in [1.165, 1.54) is 6.39 Å². The number of rotatable bonds is 3. The van der Waals surface area contributed by atoms with Gasteiger partial charge in [-0.2, -0.15) is 0 Å². The van der Waals surface area contributed by atoms with Crippen LogP contribution >= 0.6 is 0 Å². The highest BCUT2D eigenvalue weighted by Gasteiger charge is 2.26. The molecule has 0 bridgehead atoms. The number of ether oxygens (including phenoxy) is 2. The van der Waals surface area contributed by atoms with Crippen LogP contribution in [0.3, 0.4) is 0 Å². The van der Waals surface area contributed by atoms with Gasteiger partial charge >= 0.3 is 6.09 Å². The van der Waals surface area contributed by atoms with Crippen molar-refractivity contribution >= 4 is 6.09 Å². The first-order valence-corrected chi connectivity index (χ1v) is 8.30. The van der Waals surface area contributed by atoms with E-state index in [1.54, 1.807) is 4.90 Å². The number of pyridine rings is 1. The van der Waals surface area contributed by atoms with E-state index in [4.69, 9.17) is 13.9 Å². The summed E-state index contributed by atoms with van der Waals surface area (Å²) in [7, 11) is 0. The summed E-state index contributed by atoms with van der Waals surface area (Å²) >= 11 is 0. The second-order valence-electron chi connectivity index (χ2n) is 7.06. The monoisotopic (exact) mass is 345 g/mol. The number of oxazole rings is 1. The summed E-state index contributed by atoms with van der Waals surface area (Å²) in [4.78, 5) is 22.5. The van der Waals surface area contributed by atoms with E-state index in [-0.39, 0.29) is 6.09 Å². The van der Waals surface area contributed by atoms with Gasteiger partial charge in [-0.3, -0.25) is 0 Å². The highest BCUT2D eigenvalue weighted by Crippen LogP contribution is 2.22. The van der Waals surface area contributed by atoms with E-state index < -0.39 is 5.60 Å². The first kappa shape index (κ1) is 17.3. The predicted octanol–water partition coefficient (Wildman–Crippen LogP) is 3.25. The number of carbonyl (C=O) groups is 1. The molecule has 3 heterocycles. The number of aromatic nitrogens is 2. The van der Waals surface area contributed by atoms with Crippen molar-refractivity contribution < 1.29 is 18.7 Å². The van der Waals surface area contributed by atoms with Crippen molar-refractivity contribution in [2.24, 2.45) is 0 Å². The van der Waals surface area contributed by atoms with E-state index >= 15 is 0 Å². The van der Waals surface area contributed by atoms with Crippen molar-refractivity contribution in [2.45, 2.75) is 52.9 Å². The molecule has 0 unspecified atom stereocenters. The first-order valence-electron chi connectivity index (χ1n) is 8.30. The fourth-order valence-corrected chi connectivity index (χ4v) is 2.56. The average molecular weight is 345 g/mol. The van der Waals surface area contributed by atoms with Gasteiger partial charge in [0.2, 0.25) is 5.88 Å². The van der Waals surface area contributed by atoms with E-state index in [0.29, 0.717) is 37.8 Å². The fraction of sp³-hybridized carbons (Fsp3) is 0.500. The normalized spacial score (nSPS) is 14.2. The van der Waals surface area contributed by atoms with E-state index in [0.717, 1.165) is 17.0 Å². The predicted molar refractivity (Wildman–Crippen MR) is 90.2 cm³/mol. The molecule has 1 amide bonds. The van der Waals surface area contributed by atoms with Crippen LogP contribution in [0, 0.1) is 6.92 Å². The molecule has 0 radical (unpaired) electrons. The molecule has 2 aromatic rings. The maximum Gasteiger partial charge on any atom is 0.410 e. The molecule has 0 spiro atoms. The molecule has 0 aliphatic carbocycles. The van der Waals surface area contributed by atoms with Crippen LogP contribution in [0.15, 0.2) is 22.9 Å². The summed E-state index contributed by atoms with van der Waals surface area (Å²) in [5.41, 5.74) is 2.28. The highest BCUT2D eigenvalue weighted by atomic mass is 16.6. The molecule has 1 aliphatic rings. The molecule has 0 aromatic carbocycles. The second kappa shape index (κ2) is 6.74. The summed E-state index contributed by atoms with van der Waals surface area (Å²) in [6, 6.07) is 3.75. The number of hydrogen-bond acceptors (Lipinski definition) is 6. The van der Waals surface area contributed by atoms with Crippen molar-refractivity contribution in [3.8, 4) is 5.88 Å². The van der Waals surface area contributed by atoms with Crippen molar-refractivity contribution in [3.05, 3.63) is 41.2 Å². The minimum absolute atomic E-state index is 0.292. The van der Waals surface area contributed by atoms with E-state index in [1.807, 2.05) is 39.8 Å². The molecular weight excluding hydrogens is 322 g/mol. The molecule has 1 aliphatic heterocycles.